The van der Waals surface area contributed by atoms with Crippen LogP contribution in [0.15, 0.2) is 24.3 Å². The van der Waals surface area contributed by atoms with Gasteiger partial charge in [-0.1, -0.05) is 13.8 Å². The second kappa shape index (κ2) is 6.76. The fraction of sp³-hybridized carbons (Fsp3) is 0.632. The van der Waals surface area contributed by atoms with Crippen molar-refractivity contribution in [3.8, 4) is 5.75 Å². The van der Waals surface area contributed by atoms with Gasteiger partial charge in [0.05, 0.1) is 11.5 Å². The highest BCUT2D eigenvalue weighted by Crippen LogP contribution is 2.49. The number of anilines is 1. The second-order valence-corrected chi connectivity index (χ2v) is 7.75. The van der Waals surface area contributed by atoms with Gasteiger partial charge in [0.15, 0.2) is 0 Å². The van der Waals surface area contributed by atoms with Crippen LogP contribution in [0.2, 0.25) is 0 Å². The number of aliphatic hydroxyl groups excluding tert-OH is 1. The Balaban J connectivity index is 1.75. The molecular formula is C19H24F3NO3. The molecule has 0 aromatic heterocycles. The minimum Gasteiger partial charge on any atom is -0.406 e. The first kappa shape index (κ1) is 19.0. The molecule has 0 bridgehead atoms. The highest BCUT2D eigenvalue weighted by atomic mass is 19.4. The molecule has 4 nitrogen and oxygen atoms in total. The minimum atomic E-state index is -4.73. The van der Waals surface area contributed by atoms with Gasteiger partial charge in [-0.3, -0.25) is 4.79 Å². The van der Waals surface area contributed by atoms with E-state index >= 15 is 0 Å². The smallest absolute Gasteiger partial charge is 0.406 e. The Hall–Kier alpha value is -1.76. The standard InChI is InChI=1S/C19H24F3NO3/c1-12(2)15-11-18(8-7-16(15)24)9-10-23(17(18)25)13-3-5-14(6-4-13)26-19(20,21)22/h3-6,12,15-16,24H,7-11H2,1-2H3/t15-,16+,18-/m1/s1. The van der Waals surface area contributed by atoms with Crippen LogP contribution in [-0.4, -0.2) is 30.0 Å². The zero-order valence-electron chi connectivity index (χ0n) is 14.9. The number of ether oxygens (including phenoxy) is 1. The number of benzene rings is 1. The molecule has 1 spiro atoms. The van der Waals surface area contributed by atoms with E-state index in [0.29, 0.717) is 43.8 Å². The van der Waals surface area contributed by atoms with Gasteiger partial charge in [-0.15, -0.1) is 13.2 Å². The fourth-order valence-electron chi connectivity index (χ4n) is 4.32. The molecule has 1 saturated carbocycles. The summed E-state index contributed by atoms with van der Waals surface area (Å²) in [6.45, 7) is 4.66. The molecule has 1 amide bonds. The Bertz CT molecular complexity index is 659. The molecule has 1 aliphatic carbocycles. The van der Waals surface area contributed by atoms with Gasteiger partial charge in [0.25, 0.3) is 0 Å². The van der Waals surface area contributed by atoms with Crippen molar-refractivity contribution in [1.29, 1.82) is 0 Å². The van der Waals surface area contributed by atoms with Crippen LogP contribution in [0.1, 0.15) is 39.5 Å². The number of hydrogen-bond acceptors (Lipinski definition) is 3. The molecule has 26 heavy (non-hydrogen) atoms. The summed E-state index contributed by atoms with van der Waals surface area (Å²) in [4.78, 5) is 14.7. The molecule has 1 aromatic rings. The zero-order chi connectivity index (χ0) is 19.1. The molecule has 1 N–H and O–H groups in total. The van der Waals surface area contributed by atoms with E-state index < -0.39 is 11.8 Å². The Morgan fingerprint density at radius 2 is 1.88 bits per heavy atom. The maximum Gasteiger partial charge on any atom is 0.573 e. The number of nitrogens with zero attached hydrogens (tertiary/aromatic N) is 1. The van der Waals surface area contributed by atoms with Crippen molar-refractivity contribution >= 4 is 11.6 Å². The number of amides is 1. The number of halogens is 3. The molecule has 0 radical (unpaired) electrons. The number of carbonyl (C=O) groups is 1. The lowest BCUT2D eigenvalue weighted by Gasteiger charge is -2.41. The molecular weight excluding hydrogens is 347 g/mol. The molecule has 1 aromatic carbocycles. The van der Waals surface area contributed by atoms with E-state index in [1.54, 1.807) is 4.90 Å². The highest BCUT2D eigenvalue weighted by molar-refractivity contribution is 6.00. The van der Waals surface area contributed by atoms with E-state index in [-0.39, 0.29) is 23.7 Å². The van der Waals surface area contributed by atoms with Crippen LogP contribution < -0.4 is 9.64 Å². The summed E-state index contributed by atoms with van der Waals surface area (Å²) in [5, 5.41) is 10.2. The number of alkyl halides is 3. The SMILES string of the molecule is CC(C)[C@H]1C[C@@]2(CC[C@@H]1O)CCN(c1ccc(OC(F)(F)F)cc1)C2=O. The first-order valence-corrected chi connectivity index (χ1v) is 8.97. The molecule has 2 aliphatic rings. The Kier molecular flexibility index (Phi) is 4.94. The summed E-state index contributed by atoms with van der Waals surface area (Å²) < 4.78 is 40.7. The first-order valence-electron chi connectivity index (χ1n) is 8.97. The molecule has 3 atom stereocenters. The monoisotopic (exact) mass is 371 g/mol. The average Bonchev–Trinajstić information content (AvgIpc) is 2.86. The summed E-state index contributed by atoms with van der Waals surface area (Å²) in [7, 11) is 0. The van der Waals surface area contributed by atoms with Gasteiger partial charge >= 0.3 is 6.36 Å². The third-order valence-corrected chi connectivity index (χ3v) is 5.79. The Morgan fingerprint density at radius 1 is 1.23 bits per heavy atom. The van der Waals surface area contributed by atoms with Gasteiger partial charge in [-0.05, 0) is 61.8 Å². The number of hydrogen-bond donors (Lipinski definition) is 1. The van der Waals surface area contributed by atoms with Crippen LogP contribution in [0, 0.1) is 17.3 Å². The van der Waals surface area contributed by atoms with Gasteiger partial charge in [-0.2, -0.15) is 0 Å². The van der Waals surface area contributed by atoms with Gasteiger partial charge in [0, 0.05) is 12.2 Å². The van der Waals surface area contributed by atoms with E-state index in [2.05, 4.69) is 18.6 Å². The molecule has 7 heteroatoms. The van der Waals surface area contributed by atoms with Crippen LogP contribution in [0.25, 0.3) is 0 Å². The van der Waals surface area contributed by atoms with Crippen molar-refractivity contribution in [2.75, 3.05) is 11.4 Å². The van der Waals surface area contributed by atoms with Gasteiger partial charge in [-0.25, -0.2) is 0 Å². The quantitative estimate of drug-likeness (QED) is 0.869. The number of carbonyl (C=O) groups excluding carboxylic acids is 1. The van der Waals surface area contributed by atoms with Crippen molar-refractivity contribution in [3.05, 3.63) is 24.3 Å². The van der Waals surface area contributed by atoms with Crippen LogP contribution in [0.4, 0.5) is 18.9 Å². The molecule has 3 rings (SSSR count). The normalized spacial score (nSPS) is 29.7. The molecule has 2 fully saturated rings. The minimum absolute atomic E-state index is 0.0135. The predicted molar refractivity (Wildman–Crippen MR) is 90.7 cm³/mol. The summed E-state index contributed by atoms with van der Waals surface area (Å²) in [6, 6.07) is 5.41. The van der Waals surface area contributed by atoms with E-state index in [1.165, 1.54) is 24.3 Å². The van der Waals surface area contributed by atoms with Crippen molar-refractivity contribution < 1.29 is 27.8 Å². The third-order valence-electron chi connectivity index (χ3n) is 5.79. The Morgan fingerprint density at radius 3 is 2.46 bits per heavy atom. The van der Waals surface area contributed by atoms with Crippen LogP contribution >= 0.6 is 0 Å². The van der Waals surface area contributed by atoms with E-state index in [0.717, 1.165) is 0 Å². The second-order valence-electron chi connectivity index (χ2n) is 7.75. The van der Waals surface area contributed by atoms with Gasteiger partial charge in [0.2, 0.25) is 5.91 Å². The number of rotatable bonds is 3. The largest absolute Gasteiger partial charge is 0.573 e. The summed E-state index contributed by atoms with van der Waals surface area (Å²) in [6.07, 6.45) is -2.47. The summed E-state index contributed by atoms with van der Waals surface area (Å²) in [5.74, 6) is 0.0980. The molecule has 1 aliphatic heterocycles. The van der Waals surface area contributed by atoms with E-state index in [1.807, 2.05) is 0 Å². The van der Waals surface area contributed by atoms with Crippen molar-refractivity contribution in [1.82, 2.24) is 0 Å². The van der Waals surface area contributed by atoms with Crippen molar-refractivity contribution in [3.63, 3.8) is 0 Å². The van der Waals surface area contributed by atoms with Crippen molar-refractivity contribution in [2.24, 2.45) is 17.3 Å². The molecule has 0 unspecified atom stereocenters. The lowest BCUT2D eigenvalue weighted by atomic mass is 9.65. The third kappa shape index (κ3) is 3.68. The Labute approximate surface area is 150 Å². The van der Waals surface area contributed by atoms with Crippen LogP contribution in [-0.2, 0) is 4.79 Å². The highest BCUT2D eigenvalue weighted by Gasteiger charge is 2.51. The lowest BCUT2D eigenvalue weighted by Crippen LogP contribution is -2.44. The topological polar surface area (TPSA) is 49.8 Å². The number of aliphatic hydroxyl groups is 1. The maximum absolute atomic E-state index is 13.1. The average molecular weight is 371 g/mol. The van der Waals surface area contributed by atoms with Crippen LogP contribution in [0.3, 0.4) is 0 Å². The fourth-order valence-corrected chi connectivity index (χ4v) is 4.32. The van der Waals surface area contributed by atoms with E-state index in [4.69, 9.17) is 0 Å². The molecule has 1 saturated heterocycles. The van der Waals surface area contributed by atoms with Gasteiger partial charge in [0.1, 0.15) is 5.75 Å². The zero-order valence-corrected chi connectivity index (χ0v) is 14.9. The summed E-state index contributed by atoms with van der Waals surface area (Å²) >= 11 is 0. The predicted octanol–water partition coefficient (Wildman–Crippen LogP) is 4.13. The van der Waals surface area contributed by atoms with Crippen molar-refractivity contribution in [2.45, 2.75) is 52.0 Å². The first-order chi connectivity index (χ1) is 12.1. The summed E-state index contributed by atoms with van der Waals surface area (Å²) in [5.41, 5.74) is 0.114. The van der Waals surface area contributed by atoms with Crippen LogP contribution in [0.5, 0.6) is 5.75 Å². The lowest BCUT2D eigenvalue weighted by molar-refractivity contribution is -0.274. The maximum atomic E-state index is 13.1. The van der Waals surface area contributed by atoms with E-state index in [9.17, 15) is 23.1 Å². The molecule has 144 valence electrons. The molecule has 1 heterocycles. The van der Waals surface area contributed by atoms with Gasteiger partial charge < -0.3 is 14.7 Å².